The quantitative estimate of drug-likeness (QED) is 0.743. The lowest BCUT2D eigenvalue weighted by Crippen LogP contribution is -2.29. The van der Waals surface area contributed by atoms with E-state index in [1.807, 2.05) is 0 Å². The van der Waals surface area contributed by atoms with E-state index in [9.17, 15) is 0 Å². The van der Waals surface area contributed by atoms with Crippen LogP contribution >= 0.6 is 0 Å². The highest BCUT2D eigenvalue weighted by atomic mass is 16.5. The fourth-order valence-corrected chi connectivity index (χ4v) is 3.22. The first-order chi connectivity index (χ1) is 8.24. The van der Waals surface area contributed by atoms with Crippen molar-refractivity contribution in [1.82, 2.24) is 5.32 Å². The molecule has 2 aliphatic rings. The van der Waals surface area contributed by atoms with Crippen LogP contribution in [0, 0.1) is 11.8 Å². The Hall–Kier alpha value is -0.0800. The molecule has 1 saturated carbocycles. The van der Waals surface area contributed by atoms with Gasteiger partial charge in [0.25, 0.3) is 0 Å². The molecule has 1 heterocycles. The molecule has 1 N–H and O–H groups in total. The monoisotopic (exact) mass is 239 g/mol. The molecule has 1 saturated heterocycles. The van der Waals surface area contributed by atoms with Gasteiger partial charge < -0.3 is 10.1 Å². The molecule has 1 aliphatic carbocycles. The van der Waals surface area contributed by atoms with Crippen molar-refractivity contribution in [3.05, 3.63) is 0 Å². The molecule has 2 nitrogen and oxygen atoms in total. The largest absolute Gasteiger partial charge is 0.374 e. The van der Waals surface area contributed by atoms with E-state index >= 15 is 0 Å². The summed E-state index contributed by atoms with van der Waals surface area (Å²) in [7, 11) is 0. The van der Waals surface area contributed by atoms with Crippen molar-refractivity contribution >= 4 is 0 Å². The van der Waals surface area contributed by atoms with Crippen molar-refractivity contribution in [3.8, 4) is 0 Å². The van der Waals surface area contributed by atoms with Crippen molar-refractivity contribution < 1.29 is 4.74 Å². The van der Waals surface area contributed by atoms with Crippen LogP contribution in [0.1, 0.15) is 58.8 Å². The molecule has 0 radical (unpaired) electrons. The fourth-order valence-electron chi connectivity index (χ4n) is 3.22. The van der Waals surface area contributed by atoms with Gasteiger partial charge in [0.1, 0.15) is 0 Å². The Morgan fingerprint density at radius 1 is 1.00 bits per heavy atom. The Labute approximate surface area is 107 Å². The molecule has 2 heteroatoms. The second kappa shape index (κ2) is 6.75. The van der Waals surface area contributed by atoms with Gasteiger partial charge in [-0.2, -0.15) is 0 Å². The Morgan fingerprint density at radius 3 is 2.41 bits per heavy atom. The smallest absolute Gasteiger partial charge is 0.0704 e. The fraction of sp³-hybridized carbons (Fsp3) is 1.00. The number of nitrogens with one attached hydrogen (secondary N) is 1. The molecule has 17 heavy (non-hydrogen) atoms. The zero-order valence-corrected chi connectivity index (χ0v) is 11.6. The first kappa shape index (κ1) is 13.4. The van der Waals surface area contributed by atoms with E-state index < -0.39 is 0 Å². The summed E-state index contributed by atoms with van der Waals surface area (Å²) in [6.45, 7) is 6.83. The summed E-state index contributed by atoms with van der Waals surface area (Å²) >= 11 is 0. The molecule has 2 atom stereocenters. The molecule has 2 unspecified atom stereocenters. The third kappa shape index (κ3) is 4.59. The number of ether oxygens (including phenoxy) is 1. The van der Waals surface area contributed by atoms with E-state index in [0.29, 0.717) is 12.2 Å². The summed E-state index contributed by atoms with van der Waals surface area (Å²) in [5.74, 6) is 1.97. The average Bonchev–Trinajstić information content (AvgIpc) is 2.73. The molecule has 0 aromatic carbocycles. The van der Waals surface area contributed by atoms with E-state index in [1.165, 1.54) is 51.5 Å². The van der Waals surface area contributed by atoms with Crippen molar-refractivity contribution in [2.45, 2.75) is 71.0 Å². The maximum absolute atomic E-state index is 5.80. The molecular weight excluding hydrogens is 210 g/mol. The number of rotatable bonds is 5. The van der Waals surface area contributed by atoms with Crippen LogP contribution in [-0.4, -0.2) is 25.3 Å². The summed E-state index contributed by atoms with van der Waals surface area (Å²) < 4.78 is 5.80. The van der Waals surface area contributed by atoms with E-state index in [-0.39, 0.29) is 0 Å². The van der Waals surface area contributed by atoms with Gasteiger partial charge in [0.05, 0.1) is 12.2 Å². The van der Waals surface area contributed by atoms with Crippen LogP contribution < -0.4 is 5.32 Å². The van der Waals surface area contributed by atoms with Gasteiger partial charge in [0.2, 0.25) is 0 Å². The second-order valence-corrected chi connectivity index (χ2v) is 6.26. The first-order valence-electron chi connectivity index (χ1n) is 7.60. The van der Waals surface area contributed by atoms with Crippen LogP contribution in [-0.2, 0) is 4.74 Å². The molecule has 2 fully saturated rings. The van der Waals surface area contributed by atoms with Crippen LogP contribution in [0.5, 0.6) is 0 Å². The molecule has 0 aromatic heterocycles. The lowest BCUT2D eigenvalue weighted by molar-refractivity contribution is 0.0558. The van der Waals surface area contributed by atoms with Crippen LogP contribution in [0.25, 0.3) is 0 Å². The van der Waals surface area contributed by atoms with Gasteiger partial charge >= 0.3 is 0 Å². The van der Waals surface area contributed by atoms with Crippen molar-refractivity contribution in [2.24, 2.45) is 11.8 Å². The molecule has 1 aliphatic heterocycles. The maximum Gasteiger partial charge on any atom is 0.0704 e. The third-order valence-corrected chi connectivity index (χ3v) is 4.56. The van der Waals surface area contributed by atoms with E-state index in [1.54, 1.807) is 0 Å². The Morgan fingerprint density at radius 2 is 1.76 bits per heavy atom. The highest BCUT2D eigenvalue weighted by Crippen LogP contribution is 2.29. The normalized spacial score (nSPS) is 38.5. The highest BCUT2D eigenvalue weighted by molar-refractivity contribution is 4.74. The minimum atomic E-state index is 0.483. The zero-order valence-electron chi connectivity index (χ0n) is 11.6. The maximum atomic E-state index is 5.80. The first-order valence-corrected chi connectivity index (χ1v) is 7.60. The lowest BCUT2D eigenvalue weighted by atomic mass is 9.81. The van der Waals surface area contributed by atoms with Gasteiger partial charge in [-0.05, 0) is 44.6 Å². The minimum absolute atomic E-state index is 0.483. The average molecular weight is 239 g/mol. The Balaban J connectivity index is 1.49. The van der Waals surface area contributed by atoms with Crippen LogP contribution in [0.2, 0.25) is 0 Å². The Bertz CT molecular complexity index is 211. The standard InChI is InChI=1S/C15H29NO/c1-12-3-6-14(7-4-12)9-10-16-11-15-8-5-13(2)17-15/h12-16H,3-11H2,1-2H3. The second-order valence-electron chi connectivity index (χ2n) is 6.26. The molecule has 2 rings (SSSR count). The predicted molar refractivity (Wildman–Crippen MR) is 72.2 cm³/mol. The van der Waals surface area contributed by atoms with Crippen LogP contribution in [0.15, 0.2) is 0 Å². The minimum Gasteiger partial charge on any atom is -0.374 e. The van der Waals surface area contributed by atoms with Crippen LogP contribution in [0.4, 0.5) is 0 Å². The van der Waals surface area contributed by atoms with Crippen molar-refractivity contribution in [2.75, 3.05) is 13.1 Å². The third-order valence-electron chi connectivity index (χ3n) is 4.56. The molecule has 0 aromatic rings. The SMILES string of the molecule is CC1CCC(CCNCC2CCC(C)O2)CC1. The molecule has 0 bridgehead atoms. The van der Waals surface area contributed by atoms with Crippen molar-refractivity contribution in [1.29, 1.82) is 0 Å². The summed E-state index contributed by atoms with van der Waals surface area (Å²) in [6, 6.07) is 0. The highest BCUT2D eigenvalue weighted by Gasteiger charge is 2.21. The van der Waals surface area contributed by atoms with E-state index in [2.05, 4.69) is 19.2 Å². The summed E-state index contributed by atoms with van der Waals surface area (Å²) in [5, 5.41) is 3.58. The van der Waals surface area contributed by atoms with Gasteiger partial charge in [-0.15, -0.1) is 0 Å². The van der Waals surface area contributed by atoms with Gasteiger partial charge in [-0.3, -0.25) is 0 Å². The Kier molecular flexibility index (Phi) is 5.30. The van der Waals surface area contributed by atoms with Crippen molar-refractivity contribution in [3.63, 3.8) is 0 Å². The lowest BCUT2D eigenvalue weighted by Gasteiger charge is -2.26. The molecular formula is C15H29NO. The zero-order chi connectivity index (χ0) is 12.1. The molecule has 0 spiro atoms. The number of hydrogen-bond donors (Lipinski definition) is 1. The van der Waals surface area contributed by atoms with E-state index in [4.69, 9.17) is 4.74 Å². The topological polar surface area (TPSA) is 21.3 Å². The van der Waals surface area contributed by atoms with Gasteiger partial charge in [-0.25, -0.2) is 0 Å². The van der Waals surface area contributed by atoms with Gasteiger partial charge in [-0.1, -0.05) is 32.6 Å². The molecule has 100 valence electrons. The van der Waals surface area contributed by atoms with Gasteiger partial charge in [0, 0.05) is 6.54 Å². The van der Waals surface area contributed by atoms with E-state index in [0.717, 1.165) is 18.4 Å². The van der Waals surface area contributed by atoms with Crippen LogP contribution in [0.3, 0.4) is 0 Å². The molecule has 0 amide bonds. The predicted octanol–water partition coefficient (Wildman–Crippen LogP) is 3.36. The summed E-state index contributed by atoms with van der Waals surface area (Å²) in [6.07, 6.45) is 10.6. The summed E-state index contributed by atoms with van der Waals surface area (Å²) in [4.78, 5) is 0. The van der Waals surface area contributed by atoms with Gasteiger partial charge in [0.15, 0.2) is 0 Å². The summed E-state index contributed by atoms with van der Waals surface area (Å²) in [5.41, 5.74) is 0. The number of hydrogen-bond acceptors (Lipinski definition) is 2.